The Bertz CT molecular complexity index is 419. The zero-order chi connectivity index (χ0) is 9.80. The summed E-state index contributed by atoms with van der Waals surface area (Å²) in [6.07, 6.45) is 1.49. The van der Waals surface area contributed by atoms with Crippen LogP contribution < -0.4 is 4.74 Å². The summed E-state index contributed by atoms with van der Waals surface area (Å²) in [5.74, 6) is 1.35. The summed E-state index contributed by atoms with van der Waals surface area (Å²) < 4.78 is 6.37. The largest absolute Gasteiger partial charge is 0.439 e. The fraction of sp³-hybridized carbons (Fsp3) is 0. The van der Waals surface area contributed by atoms with Crippen LogP contribution in [0.3, 0.4) is 0 Å². The first-order valence-corrected chi connectivity index (χ1v) is 5.13. The maximum absolute atomic E-state index is 5.50. The van der Waals surface area contributed by atoms with Gasteiger partial charge in [-0.25, -0.2) is 9.97 Å². The molecule has 0 aliphatic carbocycles. The Labute approximate surface area is 95.3 Å². The number of hydrogen-bond acceptors (Lipinski definition) is 3. The van der Waals surface area contributed by atoms with Gasteiger partial charge in [0.1, 0.15) is 15.8 Å². The van der Waals surface area contributed by atoms with E-state index in [4.69, 9.17) is 4.74 Å². The Balaban J connectivity index is 2.19. The second-order valence-electron chi connectivity index (χ2n) is 2.59. The molecule has 0 N–H and O–H groups in total. The number of benzene rings is 1. The zero-order valence-electron chi connectivity index (χ0n) is 7.22. The highest BCUT2D eigenvalue weighted by Crippen LogP contribution is 2.18. The summed E-state index contributed by atoms with van der Waals surface area (Å²) in [7, 11) is 0. The lowest BCUT2D eigenvalue weighted by Gasteiger charge is -2.03. The van der Waals surface area contributed by atoms with E-state index in [0.29, 0.717) is 5.88 Å². The third-order valence-corrected chi connectivity index (χ3v) is 2.16. The second kappa shape index (κ2) is 4.36. The van der Waals surface area contributed by atoms with E-state index in [1.165, 1.54) is 6.33 Å². The van der Waals surface area contributed by atoms with Crippen LogP contribution in [0.25, 0.3) is 0 Å². The van der Waals surface area contributed by atoms with E-state index in [1.54, 1.807) is 6.07 Å². The molecule has 1 aromatic heterocycles. The first-order valence-electron chi connectivity index (χ1n) is 4.05. The molecule has 3 nitrogen and oxygen atoms in total. The minimum absolute atomic E-state index is 0.565. The molecular weight excluding hydrogens is 291 g/mol. The predicted octanol–water partition coefficient (Wildman–Crippen LogP) is 2.87. The summed E-state index contributed by atoms with van der Waals surface area (Å²) in [4.78, 5) is 7.97. The Hall–Kier alpha value is -1.17. The lowest BCUT2D eigenvalue weighted by Crippen LogP contribution is -1.89. The molecule has 70 valence electrons. The van der Waals surface area contributed by atoms with Crippen LogP contribution in [0, 0.1) is 3.70 Å². The van der Waals surface area contributed by atoms with E-state index >= 15 is 0 Å². The quantitative estimate of drug-likeness (QED) is 0.631. The molecule has 0 atom stereocenters. The van der Waals surface area contributed by atoms with Crippen LogP contribution in [0.2, 0.25) is 0 Å². The second-order valence-corrected chi connectivity index (χ2v) is 3.70. The Morgan fingerprint density at radius 1 is 1.07 bits per heavy atom. The minimum atomic E-state index is 0.565. The zero-order valence-corrected chi connectivity index (χ0v) is 9.38. The number of hydrogen-bond donors (Lipinski definition) is 0. The molecule has 0 unspecified atom stereocenters. The lowest BCUT2D eigenvalue weighted by molar-refractivity contribution is 0.461. The standard InChI is InChI=1S/C10H7IN2O/c11-9-6-10(13-7-12-9)14-8-4-2-1-3-5-8/h1-7H. The van der Waals surface area contributed by atoms with Crippen LogP contribution in [0.5, 0.6) is 11.6 Å². The summed E-state index contributed by atoms with van der Waals surface area (Å²) in [6.45, 7) is 0. The molecule has 1 aromatic carbocycles. The minimum Gasteiger partial charge on any atom is -0.439 e. The molecule has 0 spiro atoms. The monoisotopic (exact) mass is 298 g/mol. The van der Waals surface area contributed by atoms with Crippen molar-refractivity contribution in [3.05, 3.63) is 46.4 Å². The topological polar surface area (TPSA) is 35.0 Å². The van der Waals surface area contributed by atoms with Crippen molar-refractivity contribution in [2.75, 3.05) is 0 Å². The van der Waals surface area contributed by atoms with Crippen molar-refractivity contribution in [1.29, 1.82) is 0 Å². The molecule has 0 aliphatic heterocycles. The number of nitrogens with zero attached hydrogens (tertiary/aromatic N) is 2. The molecule has 14 heavy (non-hydrogen) atoms. The molecule has 0 fully saturated rings. The molecule has 0 radical (unpaired) electrons. The maximum Gasteiger partial charge on any atom is 0.223 e. The van der Waals surface area contributed by atoms with Crippen molar-refractivity contribution in [1.82, 2.24) is 9.97 Å². The van der Waals surface area contributed by atoms with Gasteiger partial charge in [-0.3, -0.25) is 0 Å². The van der Waals surface area contributed by atoms with Crippen LogP contribution in [-0.2, 0) is 0 Å². The Morgan fingerprint density at radius 2 is 1.86 bits per heavy atom. The fourth-order valence-corrected chi connectivity index (χ4v) is 1.37. The van der Waals surface area contributed by atoms with Crippen molar-refractivity contribution >= 4 is 22.6 Å². The van der Waals surface area contributed by atoms with Gasteiger partial charge in [-0.1, -0.05) is 18.2 Å². The third-order valence-electron chi connectivity index (χ3n) is 1.57. The molecule has 1 heterocycles. The number of rotatable bonds is 2. The highest BCUT2D eigenvalue weighted by Gasteiger charge is 1.98. The summed E-state index contributed by atoms with van der Waals surface area (Å²) in [5.41, 5.74) is 0. The molecule has 2 rings (SSSR count). The van der Waals surface area contributed by atoms with Gasteiger partial charge in [-0.2, -0.15) is 0 Å². The molecule has 0 bridgehead atoms. The summed E-state index contributed by atoms with van der Waals surface area (Å²) in [6, 6.07) is 11.3. The predicted molar refractivity (Wildman–Crippen MR) is 61.3 cm³/mol. The van der Waals surface area contributed by atoms with Crippen molar-refractivity contribution in [3.63, 3.8) is 0 Å². The summed E-state index contributed by atoms with van der Waals surface area (Å²) >= 11 is 2.12. The van der Waals surface area contributed by atoms with Crippen LogP contribution in [0.4, 0.5) is 0 Å². The van der Waals surface area contributed by atoms with Gasteiger partial charge < -0.3 is 4.74 Å². The first kappa shape index (κ1) is 9.39. The number of aromatic nitrogens is 2. The van der Waals surface area contributed by atoms with E-state index in [9.17, 15) is 0 Å². The molecule has 0 aliphatic rings. The number of para-hydroxylation sites is 1. The Kier molecular flexibility index (Phi) is 2.93. The average molecular weight is 298 g/mol. The average Bonchev–Trinajstić information content (AvgIpc) is 2.19. The highest BCUT2D eigenvalue weighted by molar-refractivity contribution is 14.1. The smallest absolute Gasteiger partial charge is 0.223 e. The fourth-order valence-electron chi connectivity index (χ4n) is 0.982. The highest BCUT2D eigenvalue weighted by atomic mass is 127. The van der Waals surface area contributed by atoms with Crippen molar-refractivity contribution in [2.24, 2.45) is 0 Å². The van der Waals surface area contributed by atoms with Crippen LogP contribution >= 0.6 is 22.6 Å². The van der Waals surface area contributed by atoms with Gasteiger partial charge in [0.2, 0.25) is 5.88 Å². The van der Waals surface area contributed by atoms with E-state index in [1.807, 2.05) is 30.3 Å². The molecular formula is C10H7IN2O. The van der Waals surface area contributed by atoms with Crippen LogP contribution in [0.15, 0.2) is 42.7 Å². The third kappa shape index (κ3) is 2.41. The van der Waals surface area contributed by atoms with Crippen molar-refractivity contribution < 1.29 is 4.74 Å². The molecule has 4 heteroatoms. The normalized spacial score (nSPS) is 9.79. The first-order chi connectivity index (χ1) is 6.84. The summed E-state index contributed by atoms with van der Waals surface area (Å²) in [5, 5.41) is 0. The Morgan fingerprint density at radius 3 is 2.57 bits per heavy atom. The van der Waals surface area contributed by atoms with E-state index in [2.05, 4.69) is 32.6 Å². The van der Waals surface area contributed by atoms with Gasteiger partial charge in [0.05, 0.1) is 0 Å². The molecule has 0 amide bonds. The van der Waals surface area contributed by atoms with Gasteiger partial charge in [0.15, 0.2) is 0 Å². The van der Waals surface area contributed by atoms with Gasteiger partial charge in [0.25, 0.3) is 0 Å². The molecule has 0 saturated heterocycles. The molecule has 2 aromatic rings. The molecule has 0 saturated carbocycles. The number of ether oxygens (including phenoxy) is 1. The van der Waals surface area contributed by atoms with Crippen LogP contribution in [0.1, 0.15) is 0 Å². The maximum atomic E-state index is 5.50. The van der Waals surface area contributed by atoms with Crippen LogP contribution in [-0.4, -0.2) is 9.97 Å². The van der Waals surface area contributed by atoms with Crippen molar-refractivity contribution in [3.8, 4) is 11.6 Å². The number of halogens is 1. The van der Waals surface area contributed by atoms with Crippen molar-refractivity contribution in [2.45, 2.75) is 0 Å². The van der Waals surface area contributed by atoms with Gasteiger partial charge in [0, 0.05) is 6.07 Å². The van der Waals surface area contributed by atoms with E-state index in [0.717, 1.165) is 9.45 Å². The van der Waals surface area contributed by atoms with Gasteiger partial charge in [-0.15, -0.1) is 0 Å². The van der Waals surface area contributed by atoms with E-state index < -0.39 is 0 Å². The van der Waals surface area contributed by atoms with E-state index in [-0.39, 0.29) is 0 Å². The lowest BCUT2D eigenvalue weighted by atomic mass is 10.3. The SMILES string of the molecule is Ic1cc(Oc2ccccc2)ncn1. The van der Waals surface area contributed by atoms with Gasteiger partial charge in [-0.05, 0) is 34.7 Å². The van der Waals surface area contributed by atoms with Gasteiger partial charge >= 0.3 is 0 Å².